The molecule has 1 aromatic heterocycles. The first-order valence-electron chi connectivity index (χ1n) is 6.59. The maximum atomic E-state index is 4.34. The first-order chi connectivity index (χ1) is 8.42. The van der Waals surface area contributed by atoms with E-state index in [4.69, 9.17) is 0 Å². The van der Waals surface area contributed by atoms with Gasteiger partial charge in [-0.3, -0.25) is 0 Å². The quantitative estimate of drug-likeness (QED) is 0.781. The van der Waals surface area contributed by atoms with Crippen molar-refractivity contribution in [2.75, 3.05) is 31.1 Å². The summed E-state index contributed by atoms with van der Waals surface area (Å²) in [5.41, 5.74) is 1.28. The molecule has 1 aliphatic rings. The summed E-state index contributed by atoms with van der Waals surface area (Å²) in [6.45, 7) is 6.38. The van der Waals surface area contributed by atoms with Crippen molar-refractivity contribution in [3.8, 4) is 0 Å². The lowest BCUT2D eigenvalue weighted by Crippen LogP contribution is -2.44. The average molecular weight is 233 g/mol. The second-order valence-corrected chi connectivity index (χ2v) is 4.51. The topological polar surface area (TPSA) is 41.1 Å². The van der Waals surface area contributed by atoms with Gasteiger partial charge in [-0.05, 0) is 12.8 Å². The Labute approximate surface area is 103 Å². The predicted octanol–water partition coefficient (Wildman–Crippen LogP) is 1.42. The minimum atomic E-state index is 1.03. The molecule has 0 amide bonds. The zero-order chi connectivity index (χ0) is 11.9. The molecular weight excluding hydrogens is 212 g/mol. The van der Waals surface area contributed by atoms with E-state index in [1.165, 1.54) is 24.8 Å². The van der Waals surface area contributed by atoms with Crippen molar-refractivity contribution >= 4 is 5.82 Å². The first-order valence-corrected chi connectivity index (χ1v) is 6.59. The van der Waals surface area contributed by atoms with E-state index in [0.29, 0.717) is 0 Å². The molecule has 0 aliphatic carbocycles. The summed E-state index contributed by atoms with van der Waals surface area (Å²) in [5.74, 6) is 1.10. The molecule has 1 aliphatic heterocycles. The second-order valence-electron chi connectivity index (χ2n) is 4.51. The van der Waals surface area contributed by atoms with Gasteiger partial charge in [-0.15, -0.1) is 0 Å². The van der Waals surface area contributed by atoms with Crippen LogP contribution in [0.4, 0.5) is 5.82 Å². The summed E-state index contributed by atoms with van der Waals surface area (Å²) >= 11 is 0. The van der Waals surface area contributed by atoms with Gasteiger partial charge in [0.2, 0.25) is 0 Å². The molecule has 2 heterocycles. The normalized spacial score (nSPS) is 16.2. The molecule has 0 bridgehead atoms. The van der Waals surface area contributed by atoms with Crippen molar-refractivity contribution in [1.29, 1.82) is 0 Å². The molecule has 0 saturated carbocycles. The number of anilines is 1. The third-order valence-electron chi connectivity index (χ3n) is 3.19. The van der Waals surface area contributed by atoms with Crippen LogP contribution in [0.1, 0.15) is 31.7 Å². The van der Waals surface area contributed by atoms with Gasteiger partial charge in [0.15, 0.2) is 6.33 Å². The van der Waals surface area contributed by atoms with Gasteiger partial charge in [0.05, 0.1) is 0 Å². The van der Waals surface area contributed by atoms with Crippen LogP contribution in [0.15, 0.2) is 6.20 Å². The molecule has 1 saturated heterocycles. The number of hydrogen-bond donors (Lipinski definition) is 1. The highest BCUT2D eigenvalue weighted by Gasteiger charge is 2.15. The maximum Gasteiger partial charge on any atom is 0.199 e. The fraction of sp³-hybridized carbons (Fsp3) is 0.692. The predicted molar refractivity (Wildman–Crippen MR) is 69.2 cm³/mol. The molecule has 4 nitrogen and oxygen atoms in total. The van der Waals surface area contributed by atoms with Crippen LogP contribution in [-0.4, -0.2) is 36.1 Å². The summed E-state index contributed by atoms with van der Waals surface area (Å²) < 4.78 is 0. The molecule has 2 rings (SSSR count). The molecule has 1 aromatic rings. The van der Waals surface area contributed by atoms with Crippen LogP contribution < -0.4 is 10.2 Å². The lowest BCUT2D eigenvalue weighted by molar-refractivity contribution is 0.581. The Balaban J connectivity index is 2.03. The van der Waals surface area contributed by atoms with Crippen LogP contribution in [0.25, 0.3) is 0 Å². The Hall–Kier alpha value is -1.16. The second kappa shape index (κ2) is 6.55. The highest BCUT2D eigenvalue weighted by atomic mass is 15.2. The number of hydrogen-bond acceptors (Lipinski definition) is 4. The Bertz CT molecular complexity index is 334. The molecule has 93 valence electrons. The van der Waals surface area contributed by atoms with Gasteiger partial charge in [0, 0.05) is 37.9 Å². The van der Waals surface area contributed by atoms with Gasteiger partial charge in [0.1, 0.15) is 5.82 Å². The third kappa shape index (κ3) is 3.40. The number of piperazine rings is 1. The monoisotopic (exact) mass is 233 g/mol. The summed E-state index contributed by atoms with van der Waals surface area (Å²) in [4.78, 5) is 10.7. The van der Waals surface area contributed by atoms with E-state index in [1.54, 1.807) is 0 Å². The Kier molecular flexibility index (Phi) is 4.74. The van der Waals surface area contributed by atoms with Gasteiger partial charge in [-0.25, -0.2) is 9.97 Å². The Morgan fingerprint density at radius 2 is 2.18 bits per heavy atom. The molecular formula is C13H21N4. The van der Waals surface area contributed by atoms with Crippen LogP contribution >= 0.6 is 0 Å². The highest BCUT2D eigenvalue weighted by Crippen LogP contribution is 2.18. The molecule has 0 aromatic carbocycles. The van der Waals surface area contributed by atoms with Gasteiger partial charge in [0.25, 0.3) is 0 Å². The summed E-state index contributed by atoms with van der Waals surface area (Å²) in [5, 5.41) is 3.36. The van der Waals surface area contributed by atoms with Crippen molar-refractivity contribution in [3.63, 3.8) is 0 Å². The minimum absolute atomic E-state index is 1.03. The Morgan fingerprint density at radius 1 is 1.35 bits per heavy atom. The Morgan fingerprint density at radius 3 is 2.94 bits per heavy atom. The maximum absolute atomic E-state index is 4.34. The van der Waals surface area contributed by atoms with Crippen LogP contribution in [0.5, 0.6) is 0 Å². The average Bonchev–Trinajstić information content (AvgIpc) is 2.41. The minimum Gasteiger partial charge on any atom is -0.354 e. The number of aryl methyl sites for hydroxylation is 1. The van der Waals surface area contributed by atoms with Crippen molar-refractivity contribution < 1.29 is 0 Å². The number of nitrogens with zero attached hydrogens (tertiary/aromatic N) is 3. The smallest absolute Gasteiger partial charge is 0.199 e. The van der Waals surface area contributed by atoms with Crippen molar-refractivity contribution in [2.45, 2.75) is 32.6 Å². The summed E-state index contributed by atoms with van der Waals surface area (Å²) in [7, 11) is 0. The standard InChI is InChI=1S/C13H21N4/c1-2-3-4-5-12-10-15-11-16-13(12)17-8-6-14-7-9-17/h10,14H,2-9H2,1H3. The van der Waals surface area contributed by atoms with Crippen LogP contribution in [0.3, 0.4) is 0 Å². The first kappa shape index (κ1) is 12.3. The van der Waals surface area contributed by atoms with E-state index < -0.39 is 0 Å². The molecule has 17 heavy (non-hydrogen) atoms. The van der Waals surface area contributed by atoms with Gasteiger partial charge < -0.3 is 10.2 Å². The van der Waals surface area contributed by atoms with Crippen molar-refractivity contribution in [2.24, 2.45) is 0 Å². The number of unbranched alkanes of at least 4 members (excludes halogenated alkanes) is 2. The zero-order valence-electron chi connectivity index (χ0n) is 10.6. The van der Waals surface area contributed by atoms with E-state index in [9.17, 15) is 0 Å². The van der Waals surface area contributed by atoms with Crippen LogP contribution in [-0.2, 0) is 6.42 Å². The lowest BCUT2D eigenvalue weighted by Gasteiger charge is -2.29. The van der Waals surface area contributed by atoms with E-state index >= 15 is 0 Å². The van der Waals surface area contributed by atoms with Crippen LogP contribution in [0, 0.1) is 6.33 Å². The summed E-state index contributed by atoms with van der Waals surface area (Å²) in [6.07, 6.45) is 9.50. The fourth-order valence-corrected chi connectivity index (χ4v) is 2.20. The van der Waals surface area contributed by atoms with E-state index in [1.807, 2.05) is 6.20 Å². The fourth-order valence-electron chi connectivity index (χ4n) is 2.20. The third-order valence-corrected chi connectivity index (χ3v) is 3.19. The number of rotatable bonds is 5. The molecule has 0 spiro atoms. The molecule has 1 fully saturated rings. The largest absolute Gasteiger partial charge is 0.354 e. The van der Waals surface area contributed by atoms with E-state index in [-0.39, 0.29) is 0 Å². The van der Waals surface area contributed by atoms with Gasteiger partial charge in [-0.2, -0.15) is 0 Å². The number of aromatic nitrogens is 2. The molecule has 1 N–H and O–H groups in total. The van der Waals surface area contributed by atoms with Crippen molar-refractivity contribution in [3.05, 3.63) is 18.1 Å². The van der Waals surface area contributed by atoms with E-state index in [0.717, 1.165) is 38.4 Å². The van der Waals surface area contributed by atoms with Gasteiger partial charge in [-0.1, -0.05) is 19.8 Å². The van der Waals surface area contributed by atoms with Crippen LogP contribution in [0.2, 0.25) is 0 Å². The molecule has 0 atom stereocenters. The highest BCUT2D eigenvalue weighted by molar-refractivity contribution is 5.45. The van der Waals surface area contributed by atoms with Crippen molar-refractivity contribution in [1.82, 2.24) is 15.3 Å². The molecule has 1 radical (unpaired) electrons. The summed E-state index contributed by atoms with van der Waals surface area (Å²) in [6, 6.07) is 0. The lowest BCUT2D eigenvalue weighted by atomic mass is 10.1. The number of nitrogens with one attached hydrogen (secondary N) is 1. The van der Waals surface area contributed by atoms with E-state index in [2.05, 4.69) is 33.4 Å². The SMILES string of the molecule is CCCCCc1cn[c]nc1N1CCNCC1. The molecule has 4 heteroatoms. The van der Waals surface area contributed by atoms with Gasteiger partial charge >= 0.3 is 0 Å². The molecule has 0 unspecified atom stereocenters. The zero-order valence-corrected chi connectivity index (χ0v) is 10.6.